The van der Waals surface area contributed by atoms with Crippen molar-refractivity contribution in [3.63, 3.8) is 0 Å². The Kier molecular flexibility index (Phi) is 13.7. The van der Waals surface area contributed by atoms with E-state index in [2.05, 4.69) is 5.32 Å². The lowest BCUT2D eigenvalue weighted by atomic mass is 10.0. The standard InChI is InChI=1S/C31H41F3N4O4/c1-6-37(18-16-35-26-13-8-14-27(20-26)42-5)30-36-22-23(2)10-7-11-24(3)28(21-29(39)40)38(30)17-15-25(31(32,33)34)12-9-19-41-4/h7-11,13-15,17,19-20,22,25,28,35H,6,12,16,18,21H2,1-5H3,(H,39,40)/b10-7-,17-15+,19-9+,23-22+,24-11+,36-30?/t25?,28-/m0/s1. The van der Waals surface area contributed by atoms with E-state index in [9.17, 15) is 23.1 Å². The van der Waals surface area contributed by atoms with E-state index in [4.69, 9.17) is 14.5 Å². The Morgan fingerprint density at radius 1 is 1.29 bits per heavy atom. The molecule has 0 aromatic heterocycles. The van der Waals surface area contributed by atoms with Crippen LogP contribution in [0.1, 0.15) is 33.6 Å². The number of ether oxygens (including phenoxy) is 2. The Bertz CT molecular complexity index is 1200. The summed E-state index contributed by atoms with van der Waals surface area (Å²) in [5.41, 5.74) is 2.32. The molecule has 230 valence electrons. The summed E-state index contributed by atoms with van der Waals surface area (Å²) in [7, 11) is 2.95. The number of anilines is 1. The summed E-state index contributed by atoms with van der Waals surface area (Å²) in [6, 6.07) is 6.67. The van der Waals surface area contributed by atoms with Gasteiger partial charge in [-0.2, -0.15) is 13.2 Å². The number of aliphatic carboxylic acids is 1. The number of carboxylic acids is 1. The molecular formula is C31H41F3N4O4. The summed E-state index contributed by atoms with van der Waals surface area (Å²) >= 11 is 0. The number of methoxy groups -OCH3 is 2. The topological polar surface area (TPSA) is 86.6 Å². The van der Waals surface area contributed by atoms with Gasteiger partial charge in [0, 0.05) is 43.8 Å². The summed E-state index contributed by atoms with van der Waals surface area (Å²) in [6.45, 7) is 6.91. The molecule has 0 amide bonds. The lowest BCUT2D eigenvalue weighted by Crippen LogP contribution is -2.49. The molecule has 1 heterocycles. The molecule has 0 bridgehead atoms. The third-order valence-corrected chi connectivity index (χ3v) is 6.53. The Balaban J connectivity index is 2.56. The molecule has 0 fully saturated rings. The Morgan fingerprint density at radius 3 is 2.69 bits per heavy atom. The highest BCUT2D eigenvalue weighted by Gasteiger charge is 2.37. The number of hydrogen-bond donors (Lipinski definition) is 2. The molecule has 1 aromatic rings. The SMILES string of the molecule is CCN(CCNc1cccc(OC)c1)C1=N/C=C(C)/C=C\C=C(/C)[C@H](CC(=O)O)N1/C=C/C(C/C=C/OC)C(F)(F)F. The predicted octanol–water partition coefficient (Wildman–Crippen LogP) is 6.59. The number of likely N-dealkylation sites (N-methyl/N-ethyl adjacent to an activating group) is 1. The largest absolute Gasteiger partial charge is 0.505 e. The van der Waals surface area contributed by atoms with Crippen LogP contribution in [-0.2, 0) is 9.53 Å². The van der Waals surface area contributed by atoms with Gasteiger partial charge in [0.05, 0.1) is 38.9 Å². The molecular weight excluding hydrogens is 549 g/mol. The fraction of sp³-hybridized carbons (Fsp3) is 0.419. The van der Waals surface area contributed by atoms with E-state index in [1.807, 2.05) is 49.1 Å². The van der Waals surface area contributed by atoms with Crippen LogP contribution in [0, 0.1) is 5.92 Å². The van der Waals surface area contributed by atoms with E-state index in [1.165, 1.54) is 30.5 Å². The van der Waals surface area contributed by atoms with Crippen molar-refractivity contribution in [1.82, 2.24) is 9.80 Å². The van der Waals surface area contributed by atoms with Crippen LogP contribution in [0.5, 0.6) is 5.75 Å². The number of hydrogen-bond acceptors (Lipinski definition) is 7. The lowest BCUT2D eigenvalue weighted by Gasteiger charge is -2.37. The smallest absolute Gasteiger partial charge is 0.395 e. The van der Waals surface area contributed by atoms with E-state index in [1.54, 1.807) is 32.4 Å². The predicted molar refractivity (Wildman–Crippen MR) is 160 cm³/mol. The zero-order valence-corrected chi connectivity index (χ0v) is 24.8. The minimum atomic E-state index is -4.53. The number of guanidine groups is 1. The first-order chi connectivity index (χ1) is 20.0. The Hall–Kier alpha value is -4.15. The van der Waals surface area contributed by atoms with Crippen LogP contribution in [0.3, 0.4) is 0 Å². The van der Waals surface area contributed by atoms with E-state index < -0.39 is 24.1 Å². The molecule has 8 nitrogen and oxygen atoms in total. The molecule has 0 saturated carbocycles. The van der Waals surface area contributed by atoms with Gasteiger partial charge in [-0.3, -0.25) is 4.79 Å². The molecule has 42 heavy (non-hydrogen) atoms. The highest BCUT2D eigenvalue weighted by molar-refractivity contribution is 5.83. The third-order valence-electron chi connectivity index (χ3n) is 6.53. The molecule has 1 aliphatic rings. The van der Waals surface area contributed by atoms with Gasteiger partial charge < -0.3 is 29.7 Å². The molecule has 1 aliphatic heterocycles. The van der Waals surface area contributed by atoms with E-state index >= 15 is 0 Å². The van der Waals surface area contributed by atoms with Gasteiger partial charge >= 0.3 is 12.1 Å². The molecule has 2 atom stereocenters. The van der Waals surface area contributed by atoms with Crippen LogP contribution in [0.2, 0.25) is 0 Å². The molecule has 1 unspecified atom stereocenters. The van der Waals surface area contributed by atoms with Crippen molar-refractivity contribution in [1.29, 1.82) is 0 Å². The van der Waals surface area contributed by atoms with Gasteiger partial charge in [0.15, 0.2) is 0 Å². The second-order valence-corrected chi connectivity index (χ2v) is 9.66. The first kappa shape index (κ1) is 34.1. The number of nitrogens with one attached hydrogen (secondary N) is 1. The minimum Gasteiger partial charge on any atom is -0.505 e. The number of aliphatic imine (C=N–C) groups is 1. The van der Waals surface area contributed by atoms with Crippen molar-refractivity contribution < 1.29 is 32.5 Å². The van der Waals surface area contributed by atoms with Crippen LogP contribution < -0.4 is 10.1 Å². The molecule has 0 radical (unpaired) electrons. The molecule has 2 N–H and O–H groups in total. The molecule has 0 aliphatic carbocycles. The molecule has 11 heteroatoms. The fourth-order valence-corrected chi connectivity index (χ4v) is 4.22. The zero-order chi connectivity index (χ0) is 31.1. The van der Waals surface area contributed by atoms with Gasteiger partial charge in [0.1, 0.15) is 5.75 Å². The summed E-state index contributed by atoms with van der Waals surface area (Å²) in [5.74, 6) is -1.87. The van der Waals surface area contributed by atoms with Crippen molar-refractivity contribution >= 4 is 17.6 Å². The average molecular weight is 591 g/mol. The van der Waals surface area contributed by atoms with Crippen LogP contribution in [0.25, 0.3) is 0 Å². The van der Waals surface area contributed by atoms with E-state index in [-0.39, 0.29) is 12.8 Å². The fourth-order valence-electron chi connectivity index (χ4n) is 4.22. The van der Waals surface area contributed by atoms with Crippen molar-refractivity contribution in [2.45, 2.75) is 45.8 Å². The second-order valence-electron chi connectivity index (χ2n) is 9.66. The van der Waals surface area contributed by atoms with Crippen molar-refractivity contribution in [3.05, 3.63) is 84.5 Å². The van der Waals surface area contributed by atoms with Crippen LogP contribution in [0.15, 0.2) is 89.4 Å². The molecule has 0 spiro atoms. The summed E-state index contributed by atoms with van der Waals surface area (Å²) in [4.78, 5) is 20.1. The zero-order valence-electron chi connectivity index (χ0n) is 24.8. The first-order valence-electron chi connectivity index (χ1n) is 13.6. The maximum absolute atomic E-state index is 14.0. The van der Waals surface area contributed by atoms with Gasteiger partial charge in [-0.25, -0.2) is 4.99 Å². The van der Waals surface area contributed by atoms with Gasteiger partial charge in [-0.05, 0) is 56.5 Å². The van der Waals surface area contributed by atoms with Crippen molar-refractivity contribution in [3.8, 4) is 5.75 Å². The number of carboxylic acid groups (broad SMARTS) is 1. The second kappa shape index (κ2) is 17.0. The number of nitrogens with zero attached hydrogens (tertiary/aromatic N) is 3. The summed E-state index contributed by atoms with van der Waals surface area (Å²) < 4.78 is 52.0. The Labute approximate surface area is 246 Å². The molecule has 2 rings (SSSR count). The quantitative estimate of drug-likeness (QED) is 0.251. The number of benzene rings is 1. The number of halogens is 3. The monoisotopic (exact) mass is 590 g/mol. The lowest BCUT2D eigenvalue weighted by molar-refractivity contribution is -0.160. The maximum Gasteiger partial charge on any atom is 0.395 e. The summed E-state index contributed by atoms with van der Waals surface area (Å²) in [5, 5.41) is 13.1. The van der Waals surface area contributed by atoms with Crippen molar-refractivity contribution in [2.24, 2.45) is 10.9 Å². The van der Waals surface area contributed by atoms with E-state index in [0.29, 0.717) is 36.9 Å². The van der Waals surface area contributed by atoms with Gasteiger partial charge in [0.2, 0.25) is 5.96 Å². The molecule has 0 saturated heterocycles. The van der Waals surface area contributed by atoms with E-state index in [0.717, 1.165) is 17.3 Å². The summed E-state index contributed by atoms with van der Waals surface area (Å²) in [6.07, 6.45) is 6.69. The van der Waals surface area contributed by atoms with Gasteiger partial charge in [0.25, 0.3) is 0 Å². The van der Waals surface area contributed by atoms with Crippen LogP contribution >= 0.6 is 0 Å². The minimum absolute atomic E-state index is 0.336. The van der Waals surface area contributed by atoms with Crippen LogP contribution in [-0.4, -0.2) is 72.9 Å². The maximum atomic E-state index is 14.0. The van der Waals surface area contributed by atoms with Crippen molar-refractivity contribution in [2.75, 3.05) is 39.2 Å². The highest BCUT2D eigenvalue weighted by Crippen LogP contribution is 2.31. The Morgan fingerprint density at radius 2 is 2.05 bits per heavy atom. The van der Waals surface area contributed by atoms with Crippen LogP contribution in [0.4, 0.5) is 18.9 Å². The van der Waals surface area contributed by atoms with Gasteiger partial charge in [-0.15, -0.1) is 0 Å². The normalized spacial score (nSPS) is 20.2. The molecule has 1 aromatic carbocycles. The number of allylic oxidation sites excluding steroid dienone is 6. The first-order valence-corrected chi connectivity index (χ1v) is 13.6. The number of alkyl halides is 3. The average Bonchev–Trinajstić information content (AvgIpc) is 2.94. The van der Waals surface area contributed by atoms with Gasteiger partial charge in [-0.1, -0.05) is 30.4 Å². The highest BCUT2D eigenvalue weighted by atomic mass is 19.4. The number of carbonyl (C=O) groups is 1. The third kappa shape index (κ3) is 11.0. The number of rotatable bonds is 13.